The second-order valence-corrected chi connectivity index (χ2v) is 6.62. The van der Waals surface area contributed by atoms with Crippen LogP contribution in [0.2, 0.25) is 0 Å². The normalized spacial score (nSPS) is 23.5. The largest absolute Gasteiger partial charge is 1.00 e. The molecule has 0 saturated carbocycles. The molecule has 2 aromatic rings. The first kappa shape index (κ1) is 20.0. The SMILES string of the molecule is C[C@@H]1CN(Cc2ccccc2)CC[C@@]1(Nc1ccccc1)C(=O)[O-].[Na+]. The van der Waals surface area contributed by atoms with E-state index in [-0.39, 0.29) is 35.5 Å². The molecule has 1 heterocycles. The second kappa shape index (κ2) is 8.86. The van der Waals surface area contributed by atoms with Gasteiger partial charge in [-0.15, -0.1) is 0 Å². The smallest absolute Gasteiger partial charge is 0.548 e. The van der Waals surface area contributed by atoms with Crippen molar-refractivity contribution in [1.82, 2.24) is 4.90 Å². The summed E-state index contributed by atoms with van der Waals surface area (Å²) < 4.78 is 0. The molecule has 0 aliphatic carbocycles. The van der Waals surface area contributed by atoms with Crippen LogP contribution in [0.4, 0.5) is 5.69 Å². The van der Waals surface area contributed by atoms with E-state index >= 15 is 0 Å². The number of aliphatic carboxylic acids is 1. The van der Waals surface area contributed by atoms with Crippen LogP contribution in [0.25, 0.3) is 0 Å². The molecular formula is C20H23N2NaO2. The number of hydrogen-bond acceptors (Lipinski definition) is 4. The van der Waals surface area contributed by atoms with Crippen LogP contribution in [0, 0.1) is 5.92 Å². The van der Waals surface area contributed by atoms with E-state index in [0.717, 1.165) is 25.3 Å². The molecule has 1 saturated heterocycles. The van der Waals surface area contributed by atoms with E-state index in [1.807, 2.05) is 55.5 Å². The minimum atomic E-state index is -1.02. The van der Waals surface area contributed by atoms with Gasteiger partial charge in [0.15, 0.2) is 0 Å². The summed E-state index contributed by atoms with van der Waals surface area (Å²) in [5.74, 6) is -1.07. The molecule has 126 valence electrons. The molecule has 5 heteroatoms. The molecule has 1 N–H and O–H groups in total. The van der Waals surface area contributed by atoms with Crippen LogP contribution < -0.4 is 40.0 Å². The van der Waals surface area contributed by atoms with Crippen molar-refractivity contribution in [2.75, 3.05) is 18.4 Å². The molecule has 0 bridgehead atoms. The van der Waals surface area contributed by atoms with Crippen molar-refractivity contribution in [1.29, 1.82) is 0 Å². The number of carbonyl (C=O) groups excluding carboxylic acids is 1. The molecule has 0 spiro atoms. The van der Waals surface area contributed by atoms with Gasteiger partial charge in [0.25, 0.3) is 0 Å². The Balaban J connectivity index is 0.00000225. The Morgan fingerprint density at radius 2 is 1.76 bits per heavy atom. The number of nitrogens with one attached hydrogen (secondary N) is 1. The molecule has 3 rings (SSSR count). The van der Waals surface area contributed by atoms with Crippen molar-refractivity contribution in [2.24, 2.45) is 5.92 Å². The number of anilines is 1. The van der Waals surface area contributed by atoms with E-state index in [1.165, 1.54) is 5.56 Å². The van der Waals surface area contributed by atoms with Gasteiger partial charge in [0.1, 0.15) is 0 Å². The van der Waals surface area contributed by atoms with E-state index in [4.69, 9.17) is 0 Å². The molecule has 1 aliphatic rings. The van der Waals surface area contributed by atoms with Gasteiger partial charge in [-0.3, -0.25) is 4.90 Å². The predicted octanol–water partition coefficient (Wildman–Crippen LogP) is -0.867. The first-order chi connectivity index (χ1) is 11.6. The minimum absolute atomic E-state index is 0. The molecular weight excluding hydrogens is 323 g/mol. The molecule has 1 aliphatic heterocycles. The van der Waals surface area contributed by atoms with Crippen LogP contribution in [0.1, 0.15) is 18.9 Å². The quantitative estimate of drug-likeness (QED) is 0.716. The van der Waals surface area contributed by atoms with Crippen molar-refractivity contribution in [2.45, 2.75) is 25.4 Å². The Bertz CT molecular complexity index is 681. The number of rotatable bonds is 5. The maximum Gasteiger partial charge on any atom is 1.00 e. The molecule has 1 fully saturated rings. The van der Waals surface area contributed by atoms with Gasteiger partial charge in [-0.25, -0.2) is 0 Å². The Hall–Kier alpha value is -1.33. The van der Waals surface area contributed by atoms with Gasteiger partial charge in [-0.05, 0) is 30.0 Å². The summed E-state index contributed by atoms with van der Waals surface area (Å²) in [4.78, 5) is 14.3. The first-order valence-corrected chi connectivity index (χ1v) is 8.41. The Morgan fingerprint density at radius 1 is 1.16 bits per heavy atom. The van der Waals surface area contributed by atoms with Gasteiger partial charge in [0.2, 0.25) is 0 Å². The number of benzene rings is 2. The molecule has 4 nitrogen and oxygen atoms in total. The third-order valence-corrected chi connectivity index (χ3v) is 4.95. The van der Waals surface area contributed by atoms with Gasteiger partial charge in [-0.1, -0.05) is 55.5 Å². The second-order valence-electron chi connectivity index (χ2n) is 6.62. The Morgan fingerprint density at radius 3 is 2.32 bits per heavy atom. The average molecular weight is 346 g/mol. The zero-order chi connectivity index (χ0) is 17.0. The van der Waals surface area contributed by atoms with Crippen LogP contribution in [-0.2, 0) is 11.3 Å². The van der Waals surface area contributed by atoms with Crippen molar-refractivity contribution in [3.05, 3.63) is 66.2 Å². The summed E-state index contributed by atoms with van der Waals surface area (Å²) >= 11 is 0. The minimum Gasteiger partial charge on any atom is -0.548 e. The fraction of sp³-hybridized carbons (Fsp3) is 0.350. The number of carbonyl (C=O) groups is 1. The van der Waals surface area contributed by atoms with E-state index in [0.29, 0.717) is 6.42 Å². The Kier molecular flexibility index (Phi) is 7.08. The van der Waals surface area contributed by atoms with Gasteiger partial charge < -0.3 is 15.2 Å². The van der Waals surface area contributed by atoms with Crippen molar-refractivity contribution >= 4 is 11.7 Å². The van der Waals surface area contributed by atoms with E-state index in [2.05, 4.69) is 22.3 Å². The number of nitrogens with zero attached hydrogens (tertiary/aromatic N) is 1. The topological polar surface area (TPSA) is 55.4 Å². The number of likely N-dealkylation sites (tertiary alicyclic amines) is 1. The summed E-state index contributed by atoms with van der Waals surface area (Å²) in [6.45, 7) is 4.29. The van der Waals surface area contributed by atoms with Crippen LogP contribution in [-0.4, -0.2) is 29.5 Å². The standard InChI is InChI=1S/C20H24N2O2.Na/c1-16-14-22(15-17-8-4-2-5-9-17)13-12-20(16,19(23)24)21-18-10-6-3-7-11-18;/h2-11,16,21H,12-15H2,1H3,(H,23,24);/q;+1/p-1/t16-,20+;/m1./s1. The Labute approximate surface area is 171 Å². The maximum atomic E-state index is 12.0. The number of hydrogen-bond donors (Lipinski definition) is 1. The molecule has 0 radical (unpaired) electrons. The molecule has 0 amide bonds. The van der Waals surface area contributed by atoms with Crippen LogP contribution in [0.3, 0.4) is 0 Å². The van der Waals surface area contributed by atoms with Crippen LogP contribution >= 0.6 is 0 Å². The average Bonchev–Trinajstić information content (AvgIpc) is 2.59. The fourth-order valence-electron chi connectivity index (χ4n) is 3.52. The zero-order valence-electron chi connectivity index (χ0n) is 14.9. The molecule has 2 aromatic carbocycles. The number of para-hydroxylation sites is 1. The van der Waals surface area contributed by atoms with Crippen molar-refractivity contribution in [3.8, 4) is 0 Å². The van der Waals surface area contributed by atoms with Crippen molar-refractivity contribution < 1.29 is 39.5 Å². The van der Waals surface area contributed by atoms with Gasteiger partial charge in [0.05, 0.1) is 11.5 Å². The van der Waals surface area contributed by atoms with Crippen LogP contribution in [0.5, 0.6) is 0 Å². The van der Waals surface area contributed by atoms with Crippen molar-refractivity contribution in [3.63, 3.8) is 0 Å². The fourth-order valence-corrected chi connectivity index (χ4v) is 3.52. The third-order valence-electron chi connectivity index (χ3n) is 4.95. The summed E-state index contributed by atoms with van der Waals surface area (Å²) in [6.07, 6.45) is 0.526. The zero-order valence-corrected chi connectivity index (χ0v) is 16.9. The number of carboxylic acids is 1. The van der Waals surface area contributed by atoms with Gasteiger partial charge in [-0.2, -0.15) is 0 Å². The predicted molar refractivity (Wildman–Crippen MR) is 93.3 cm³/mol. The van der Waals surface area contributed by atoms with E-state index < -0.39 is 11.5 Å². The van der Waals surface area contributed by atoms with Gasteiger partial charge >= 0.3 is 29.6 Å². The van der Waals surface area contributed by atoms with Gasteiger partial charge in [0, 0.05) is 25.3 Å². The summed E-state index contributed by atoms with van der Waals surface area (Å²) in [5.41, 5.74) is 1.06. The van der Waals surface area contributed by atoms with E-state index in [1.54, 1.807) is 0 Å². The summed E-state index contributed by atoms with van der Waals surface area (Å²) in [5, 5.41) is 15.2. The molecule has 0 aromatic heterocycles. The monoisotopic (exact) mass is 346 g/mol. The summed E-state index contributed by atoms with van der Waals surface area (Å²) in [7, 11) is 0. The molecule has 0 unspecified atom stereocenters. The molecule has 25 heavy (non-hydrogen) atoms. The van der Waals surface area contributed by atoms with Crippen LogP contribution in [0.15, 0.2) is 60.7 Å². The molecule has 2 atom stereocenters. The number of carboxylic acid groups (broad SMARTS) is 1. The number of piperidine rings is 1. The maximum absolute atomic E-state index is 12.0. The third kappa shape index (κ3) is 4.64. The first-order valence-electron chi connectivity index (χ1n) is 8.41. The van der Waals surface area contributed by atoms with E-state index in [9.17, 15) is 9.90 Å². The summed E-state index contributed by atoms with van der Waals surface area (Å²) in [6, 6.07) is 19.8.